The van der Waals surface area contributed by atoms with E-state index in [1.54, 1.807) is 14.0 Å². The molecule has 1 amide bonds. The first-order valence-corrected chi connectivity index (χ1v) is 8.62. The van der Waals surface area contributed by atoms with Gasteiger partial charge in [-0.3, -0.25) is 9.59 Å². The van der Waals surface area contributed by atoms with Crippen LogP contribution in [0.25, 0.3) is 11.1 Å². The van der Waals surface area contributed by atoms with Crippen LogP contribution in [0.1, 0.15) is 40.5 Å². The number of likely N-dealkylation sites (tertiary alicyclic amines) is 1. The van der Waals surface area contributed by atoms with Gasteiger partial charge in [0.1, 0.15) is 0 Å². The molecule has 0 aliphatic carbocycles. The third-order valence-electron chi connectivity index (χ3n) is 4.75. The summed E-state index contributed by atoms with van der Waals surface area (Å²) < 4.78 is 5.23. The first kappa shape index (κ1) is 17.4. The Bertz CT molecular complexity index is 767. The van der Waals surface area contributed by atoms with E-state index in [2.05, 4.69) is 0 Å². The average Bonchev–Trinajstić information content (AvgIpc) is 3.10. The van der Waals surface area contributed by atoms with Crippen LogP contribution in [0.15, 0.2) is 48.5 Å². The number of carbonyl (C=O) groups is 2. The first-order chi connectivity index (χ1) is 12.1. The fourth-order valence-corrected chi connectivity index (χ4v) is 3.47. The summed E-state index contributed by atoms with van der Waals surface area (Å²) in [6, 6.07) is 15.2. The highest BCUT2D eigenvalue weighted by Gasteiger charge is 2.29. The van der Waals surface area contributed by atoms with Gasteiger partial charge in [-0.1, -0.05) is 36.4 Å². The minimum atomic E-state index is 0.0372. The van der Waals surface area contributed by atoms with Crippen LogP contribution in [0.2, 0.25) is 0 Å². The number of methoxy groups -OCH3 is 1. The normalized spacial score (nSPS) is 16.9. The lowest BCUT2D eigenvalue weighted by Crippen LogP contribution is -2.38. The van der Waals surface area contributed by atoms with E-state index in [1.165, 1.54) is 0 Å². The van der Waals surface area contributed by atoms with Gasteiger partial charge in [-0.05, 0) is 43.0 Å². The number of nitrogens with zero attached hydrogens (tertiary/aromatic N) is 1. The predicted octanol–water partition coefficient (Wildman–Crippen LogP) is 3.81. The third-order valence-corrected chi connectivity index (χ3v) is 4.75. The van der Waals surface area contributed by atoms with E-state index in [9.17, 15) is 9.59 Å². The van der Waals surface area contributed by atoms with Gasteiger partial charge in [0.15, 0.2) is 5.78 Å². The van der Waals surface area contributed by atoms with Gasteiger partial charge in [-0.2, -0.15) is 0 Å². The van der Waals surface area contributed by atoms with E-state index in [-0.39, 0.29) is 17.7 Å². The molecule has 1 fully saturated rings. The predicted molar refractivity (Wildman–Crippen MR) is 97.8 cm³/mol. The summed E-state index contributed by atoms with van der Waals surface area (Å²) >= 11 is 0. The third kappa shape index (κ3) is 3.64. The molecule has 0 radical (unpaired) electrons. The lowest BCUT2D eigenvalue weighted by molar-refractivity contribution is 0.0630. The Morgan fingerprint density at radius 2 is 1.84 bits per heavy atom. The molecule has 0 spiro atoms. The highest BCUT2D eigenvalue weighted by molar-refractivity contribution is 6.01. The Labute approximate surface area is 148 Å². The number of benzene rings is 2. The highest BCUT2D eigenvalue weighted by atomic mass is 16.5. The minimum Gasteiger partial charge on any atom is -0.383 e. The second-order valence-electron chi connectivity index (χ2n) is 6.43. The topological polar surface area (TPSA) is 46.6 Å². The fourth-order valence-electron chi connectivity index (χ4n) is 3.47. The average molecular weight is 337 g/mol. The number of Topliss-reactive ketones (excluding diaryl/α,β-unsaturated/α-hetero) is 1. The van der Waals surface area contributed by atoms with Crippen molar-refractivity contribution < 1.29 is 14.3 Å². The van der Waals surface area contributed by atoms with Crippen molar-refractivity contribution >= 4 is 11.7 Å². The molecule has 4 heteroatoms. The molecule has 1 heterocycles. The molecule has 0 aromatic heterocycles. The molecule has 3 rings (SSSR count). The van der Waals surface area contributed by atoms with E-state index in [4.69, 9.17) is 4.74 Å². The van der Waals surface area contributed by atoms with Crippen molar-refractivity contribution in [2.24, 2.45) is 0 Å². The molecular formula is C21H23NO3. The summed E-state index contributed by atoms with van der Waals surface area (Å²) in [5, 5.41) is 0. The second-order valence-corrected chi connectivity index (χ2v) is 6.43. The molecule has 25 heavy (non-hydrogen) atoms. The van der Waals surface area contributed by atoms with Crippen LogP contribution in [0.5, 0.6) is 0 Å². The molecule has 1 saturated heterocycles. The number of rotatable bonds is 5. The SMILES string of the molecule is COC[C@@H]1CCCN1C(=O)c1ccc(-c2ccccc2C(C)=O)cc1. The number of amides is 1. The van der Waals surface area contributed by atoms with Gasteiger partial charge in [0.25, 0.3) is 5.91 Å². The summed E-state index contributed by atoms with van der Waals surface area (Å²) in [6.07, 6.45) is 2.01. The zero-order valence-corrected chi connectivity index (χ0v) is 14.7. The standard InChI is InChI=1S/C21H23NO3/c1-15(23)19-7-3-4-8-20(19)16-9-11-17(12-10-16)21(24)22-13-5-6-18(22)14-25-2/h3-4,7-12,18H,5-6,13-14H2,1-2H3/t18-/m0/s1. The van der Waals surface area contributed by atoms with Gasteiger partial charge < -0.3 is 9.64 Å². The van der Waals surface area contributed by atoms with E-state index >= 15 is 0 Å². The van der Waals surface area contributed by atoms with Crippen LogP contribution in [-0.4, -0.2) is 42.9 Å². The first-order valence-electron chi connectivity index (χ1n) is 8.62. The minimum absolute atomic E-state index is 0.0372. The van der Waals surface area contributed by atoms with Gasteiger partial charge in [-0.15, -0.1) is 0 Å². The Morgan fingerprint density at radius 3 is 2.52 bits per heavy atom. The Balaban J connectivity index is 1.83. The summed E-state index contributed by atoms with van der Waals surface area (Å²) in [7, 11) is 1.67. The molecule has 1 aliphatic rings. The van der Waals surface area contributed by atoms with Crippen LogP contribution in [0.4, 0.5) is 0 Å². The molecule has 0 bridgehead atoms. The Hall–Kier alpha value is -2.46. The van der Waals surface area contributed by atoms with Crippen molar-refractivity contribution in [2.75, 3.05) is 20.3 Å². The number of ketones is 1. The van der Waals surface area contributed by atoms with Crippen LogP contribution < -0.4 is 0 Å². The maximum Gasteiger partial charge on any atom is 0.254 e. The van der Waals surface area contributed by atoms with Crippen molar-refractivity contribution in [3.63, 3.8) is 0 Å². The van der Waals surface area contributed by atoms with Crippen LogP contribution in [0, 0.1) is 0 Å². The van der Waals surface area contributed by atoms with Crippen LogP contribution >= 0.6 is 0 Å². The number of ether oxygens (including phenoxy) is 1. The highest BCUT2D eigenvalue weighted by Crippen LogP contribution is 2.26. The maximum absolute atomic E-state index is 12.8. The molecule has 2 aromatic rings. The second kappa shape index (κ2) is 7.62. The van der Waals surface area contributed by atoms with Crippen molar-refractivity contribution in [1.82, 2.24) is 4.90 Å². The molecule has 130 valence electrons. The van der Waals surface area contributed by atoms with Gasteiger partial charge in [0.05, 0.1) is 12.6 Å². The molecule has 0 unspecified atom stereocenters. The van der Waals surface area contributed by atoms with E-state index in [0.29, 0.717) is 17.7 Å². The Kier molecular flexibility index (Phi) is 5.29. The molecule has 4 nitrogen and oxygen atoms in total. The van der Waals surface area contributed by atoms with Crippen molar-refractivity contribution in [3.8, 4) is 11.1 Å². The lowest BCUT2D eigenvalue weighted by Gasteiger charge is -2.24. The molecule has 1 aliphatic heterocycles. The summed E-state index contributed by atoms with van der Waals surface area (Å²) in [5.41, 5.74) is 3.21. The van der Waals surface area contributed by atoms with E-state index < -0.39 is 0 Å². The number of hydrogen-bond acceptors (Lipinski definition) is 3. The van der Waals surface area contributed by atoms with Gasteiger partial charge >= 0.3 is 0 Å². The Morgan fingerprint density at radius 1 is 1.12 bits per heavy atom. The van der Waals surface area contributed by atoms with Gasteiger partial charge in [0, 0.05) is 24.8 Å². The number of carbonyl (C=O) groups excluding carboxylic acids is 2. The summed E-state index contributed by atoms with van der Waals surface area (Å²) in [5.74, 6) is 0.0844. The zero-order valence-electron chi connectivity index (χ0n) is 14.7. The molecule has 1 atom stereocenters. The largest absolute Gasteiger partial charge is 0.383 e. The van der Waals surface area contributed by atoms with Crippen LogP contribution in [0.3, 0.4) is 0 Å². The van der Waals surface area contributed by atoms with Gasteiger partial charge in [0.2, 0.25) is 0 Å². The van der Waals surface area contributed by atoms with Gasteiger partial charge in [-0.25, -0.2) is 0 Å². The smallest absolute Gasteiger partial charge is 0.254 e. The summed E-state index contributed by atoms with van der Waals surface area (Å²) in [6.45, 7) is 2.93. The van der Waals surface area contributed by atoms with E-state index in [0.717, 1.165) is 30.5 Å². The van der Waals surface area contributed by atoms with Crippen molar-refractivity contribution in [3.05, 3.63) is 59.7 Å². The van der Waals surface area contributed by atoms with Crippen LogP contribution in [-0.2, 0) is 4.74 Å². The number of hydrogen-bond donors (Lipinski definition) is 0. The monoisotopic (exact) mass is 337 g/mol. The van der Waals surface area contributed by atoms with E-state index in [1.807, 2.05) is 53.4 Å². The summed E-state index contributed by atoms with van der Waals surface area (Å²) in [4.78, 5) is 26.5. The molecular weight excluding hydrogens is 314 g/mol. The fraction of sp³-hybridized carbons (Fsp3) is 0.333. The quantitative estimate of drug-likeness (QED) is 0.780. The van der Waals surface area contributed by atoms with Crippen molar-refractivity contribution in [1.29, 1.82) is 0 Å². The maximum atomic E-state index is 12.8. The molecule has 2 aromatic carbocycles. The van der Waals surface area contributed by atoms with Crippen molar-refractivity contribution in [2.45, 2.75) is 25.8 Å². The molecule has 0 saturated carbocycles. The zero-order chi connectivity index (χ0) is 17.8. The lowest BCUT2D eigenvalue weighted by atomic mass is 9.96. The molecule has 0 N–H and O–H groups in total.